The molecule has 0 bridgehead atoms. The lowest BCUT2D eigenvalue weighted by Crippen LogP contribution is -2.08. The number of aromatic nitrogens is 2. The van der Waals surface area contributed by atoms with Crippen LogP contribution in [0.3, 0.4) is 0 Å². The van der Waals surface area contributed by atoms with Crippen LogP contribution in [0.4, 0.5) is 11.5 Å². The zero-order valence-corrected chi connectivity index (χ0v) is 13.6. The number of rotatable bonds is 7. The van der Waals surface area contributed by atoms with E-state index in [-0.39, 0.29) is 17.4 Å². The van der Waals surface area contributed by atoms with Crippen LogP contribution in [0.2, 0.25) is 5.02 Å². The fraction of sp³-hybridized carbons (Fsp3) is 0.333. The molecule has 2 rings (SSSR count). The summed E-state index contributed by atoms with van der Waals surface area (Å²) in [6.07, 6.45) is 3.09. The number of ether oxygens (including phenoxy) is 1. The highest BCUT2D eigenvalue weighted by Gasteiger charge is 2.24. The maximum atomic E-state index is 11.4. The first-order chi connectivity index (χ1) is 11.0. The van der Waals surface area contributed by atoms with Crippen molar-refractivity contribution in [2.45, 2.75) is 26.7 Å². The van der Waals surface area contributed by atoms with Gasteiger partial charge in [-0.3, -0.25) is 10.1 Å². The Bertz CT molecular complexity index is 709. The molecule has 0 fully saturated rings. The molecule has 1 heterocycles. The molecule has 0 unspecified atom stereocenters. The molecule has 0 spiro atoms. The topological polar surface area (TPSA) is 90.2 Å². The molecular weight excluding hydrogens is 320 g/mol. The Morgan fingerprint density at radius 3 is 2.83 bits per heavy atom. The van der Waals surface area contributed by atoms with Gasteiger partial charge in [-0.2, -0.15) is 4.98 Å². The lowest BCUT2D eigenvalue weighted by molar-refractivity contribution is -0.385. The molecule has 0 aliphatic rings. The number of nitro groups is 1. The van der Waals surface area contributed by atoms with Gasteiger partial charge in [-0.1, -0.05) is 24.9 Å². The zero-order chi connectivity index (χ0) is 16.8. The molecule has 0 amide bonds. The van der Waals surface area contributed by atoms with Gasteiger partial charge in [0.1, 0.15) is 12.1 Å². The van der Waals surface area contributed by atoms with E-state index < -0.39 is 4.92 Å². The van der Waals surface area contributed by atoms with E-state index in [2.05, 4.69) is 15.3 Å². The summed E-state index contributed by atoms with van der Waals surface area (Å²) in [5.74, 6) is 0.470. The number of nitrogens with one attached hydrogen (secondary N) is 1. The highest BCUT2D eigenvalue weighted by molar-refractivity contribution is 6.31. The third kappa shape index (κ3) is 4.29. The Kier molecular flexibility index (Phi) is 5.70. The van der Waals surface area contributed by atoms with Crippen molar-refractivity contribution in [1.82, 2.24) is 9.97 Å². The second-order valence-electron chi connectivity index (χ2n) is 4.93. The predicted molar refractivity (Wildman–Crippen MR) is 88.3 cm³/mol. The SMILES string of the molecule is CCCCNc1ncnc(Oc2ccc(Cl)c(C)c2)c1[N+](=O)[O-]. The average molecular weight is 337 g/mol. The third-order valence-electron chi connectivity index (χ3n) is 3.14. The first-order valence-corrected chi connectivity index (χ1v) is 7.58. The number of nitrogens with zero attached hydrogens (tertiary/aromatic N) is 3. The van der Waals surface area contributed by atoms with Crippen LogP contribution < -0.4 is 10.1 Å². The molecule has 2 aromatic rings. The summed E-state index contributed by atoms with van der Waals surface area (Å²) in [5, 5.41) is 14.9. The van der Waals surface area contributed by atoms with Crippen LogP contribution in [0.25, 0.3) is 0 Å². The fourth-order valence-electron chi connectivity index (χ4n) is 1.91. The van der Waals surface area contributed by atoms with Gasteiger partial charge in [-0.25, -0.2) is 4.98 Å². The van der Waals surface area contributed by atoms with Crippen LogP contribution in [0, 0.1) is 17.0 Å². The first kappa shape index (κ1) is 17.0. The number of anilines is 1. The van der Waals surface area contributed by atoms with Gasteiger partial charge in [0.2, 0.25) is 5.82 Å². The van der Waals surface area contributed by atoms with Gasteiger partial charge in [0.25, 0.3) is 0 Å². The van der Waals surface area contributed by atoms with Crippen molar-refractivity contribution >= 4 is 23.1 Å². The van der Waals surface area contributed by atoms with Crippen LogP contribution in [-0.4, -0.2) is 21.4 Å². The second kappa shape index (κ2) is 7.73. The summed E-state index contributed by atoms with van der Waals surface area (Å²) in [4.78, 5) is 18.7. The van der Waals surface area contributed by atoms with Gasteiger partial charge in [-0.15, -0.1) is 0 Å². The number of unbranched alkanes of at least 4 members (excludes halogenated alkanes) is 1. The van der Waals surface area contributed by atoms with Gasteiger partial charge in [-0.05, 0) is 37.1 Å². The molecule has 0 aliphatic heterocycles. The molecule has 0 saturated heterocycles. The molecule has 23 heavy (non-hydrogen) atoms. The van der Waals surface area contributed by atoms with Crippen molar-refractivity contribution in [1.29, 1.82) is 0 Å². The van der Waals surface area contributed by atoms with Gasteiger partial charge in [0, 0.05) is 11.6 Å². The molecule has 0 radical (unpaired) electrons. The molecule has 8 heteroatoms. The lowest BCUT2D eigenvalue weighted by Gasteiger charge is -2.09. The van der Waals surface area contributed by atoms with Crippen molar-refractivity contribution in [3.05, 3.63) is 45.2 Å². The van der Waals surface area contributed by atoms with Crippen LogP contribution in [0.5, 0.6) is 11.6 Å². The molecule has 0 saturated carbocycles. The Labute approximate surface area is 138 Å². The third-order valence-corrected chi connectivity index (χ3v) is 3.56. The maximum absolute atomic E-state index is 11.4. The van der Waals surface area contributed by atoms with Crippen LogP contribution >= 0.6 is 11.6 Å². The van der Waals surface area contributed by atoms with Crippen molar-refractivity contribution in [3.8, 4) is 11.6 Å². The monoisotopic (exact) mass is 336 g/mol. The molecule has 7 nitrogen and oxygen atoms in total. The minimum atomic E-state index is -0.549. The van der Waals surface area contributed by atoms with Crippen molar-refractivity contribution in [2.24, 2.45) is 0 Å². The highest BCUT2D eigenvalue weighted by Crippen LogP contribution is 2.34. The standard InChI is InChI=1S/C15H17ClN4O3/c1-3-4-7-17-14-13(20(21)22)15(19-9-18-14)23-11-5-6-12(16)10(2)8-11/h5-6,8-9H,3-4,7H2,1-2H3,(H,17,18,19). The van der Waals surface area contributed by atoms with E-state index in [9.17, 15) is 10.1 Å². The first-order valence-electron chi connectivity index (χ1n) is 7.20. The lowest BCUT2D eigenvalue weighted by atomic mass is 10.2. The summed E-state index contributed by atoms with van der Waals surface area (Å²) in [7, 11) is 0. The Hall–Kier alpha value is -2.41. The minimum absolute atomic E-state index is 0.106. The van der Waals surface area contributed by atoms with E-state index in [1.165, 1.54) is 6.33 Å². The minimum Gasteiger partial charge on any atom is -0.434 e. The molecular formula is C15H17ClN4O3. The maximum Gasteiger partial charge on any atom is 0.373 e. The Morgan fingerprint density at radius 1 is 1.39 bits per heavy atom. The highest BCUT2D eigenvalue weighted by atomic mass is 35.5. The summed E-state index contributed by atoms with van der Waals surface area (Å²) in [5.41, 5.74) is 0.526. The average Bonchev–Trinajstić information content (AvgIpc) is 2.51. The predicted octanol–water partition coefficient (Wildman–Crippen LogP) is 4.35. The van der Waals surface area contributed by atoms with Crippen molar-refractivity contribution < 1.29 is 9.66 Å². The van der Waals surface area contributed by atoms with Crippen LogP contribution in [0.15, 0.2) is 24.5 Å². The van der Waals surface area contributed by atoms with Gasteiger partial charge < -0.3 is 10.1 Å². The summed E-state index contributed by atoms with van der Waals surface area (Å²) >= 11 is 5.96. The van der Waals surface area contributed by atoms with E-state index in [4.69, 9.17) is 16.3 Å². The van der Waals surface area contributed by atoms with Gasteiger partial charge in [0.05, 0.1) is 4.92 Å². The number of aryl methyl sites for hydroxylation is 1. The van der Waals surface area contributed by atoms with Gasteiger partial charge in [0.15, 0.2) is 0 Å². The molecule has 122 valence electrons. The summed E-state index contributed by atoms with van der Waals surface area (Å²) in [6, 6.07) is 4.99. The van der Waals surface area contributed by atoms with E-state index in [1.807, 2.05) is 13.8 Å². The van der Waals surface area contributed by atoms with E-state index in [1.54, 1.807) is 18.2 Å². The van der Waals surface area contributed by atoms with E-state index in [0.717, 1.165) is 18.4 Å². The van der Waals surface area contributed by atoms with Crippen LogP contribution in [0.1, 0.15) is 25.3 Å². The molecule has 1 aromatic heterocycles. The van der Waals surface area contributed by atoms with Crippen molar-refractivity contribution in [2.75, 3.05) is 11.9 Å². The molecule has 0 aliphatic carbocycles. The Morgan fingerprint density at radius 2 is 2.17 bits per heavy atom. The number of halogens is 1. The van der Waals surface area contributed by atoms with Crippen molar-refractivity contribution in [3.63, 3.8) is 0 Å². The molecule has 1 aromatic carbocycles. The zero-order valence-electron chi connectivity index (χ0n) is 12.9. The number of hydrogen-bond donors (Lipinski definition) is 1. The second-order valence-corrected chi connectivity index (χ2v) is 5.33. The normalized spacial score (nSPS) is 10.4. The summed E-state index contributed by atoms with van der Waals surface area (Å²) < 4.78 is 5.56. The van der Waals surface area contributed by atoms with E-state index >= 15 is 0 Å². The number of hydrogen-bond acceptors (Lipinski definition) is 6. The Balaban J connectivity index is 2.31. The molecule has 0 atom stereocenters. The van der Waals surface area contributed by atoms with Gasteiger partial charge >= 0.3 is 11.6 Å². The smallest absolute Gasteiger partial charge is 0.373 e. The number of benzene rings is 1. The molecule has 1 N–H and O–H groups in total. The summed E-state index contributed by atoms with van der Waals surface area (Å²) in [6.45, 7) is 4.45. The van der Waals surface area contributed by atoms with E-state index in [0.29, 0.717) is 17.3 Å². The van der Waals surface area contributed by atoms with Crippen LogP contribution in [-0.2, 0) is 0 Å². The quantitative estimate of drug-likeness (QED) is 0.459. The largest absolute Gasteiger partial charge is 0.434 e. The fourth-order valence-corrected chi connectivity index (χ4v) is 2.02.